The van der Waals surface area contributed by atoms with Crippen LogP contribution in [-0.2, 0) is 11.2 Å². The Labute approximate surface area is 144 Å². The summed E-state index contributed by atoms with van der Waals surface area (Å²) < 4.78 is 19.0. The number of rotatable bonds is 5. The zero-order valence-corrected chi connectivity index (χ0v) is 13.7. The van der Waals surface area contributed by atoms with Crippen molar-refractivity contribution in [2.75, 3.05) is 19.7 Å². The molecule has 0 saturated carbocycles. The summed E-state index contributed by atoms with van der Waals surface area (Å²) in [6.45, 7) is 1.78. The molecule has 1 saturated heterocycles. The molecule has 0 radical (unpaired) electrons. The zero-order chi connectivity index (χ0) is 17.1. The van der Waals surface area contributed by atoms with Crippen LogP contribution in [-0.4, -0.2) is 35.6 Å². The number of nitrogens with zero attached hydrogens (tertiary/aromatic N) is 1. The minimum Gasteiger partial charge on any atom is -0.508 e. The van der Waals surface area contributed by atoms with Crippen LogP contribution in [0.4, 0.5) is 4.39 Å². The molecular weight excluding hydrogens is 333 g/mol. The fraction of sp³-hybridized carbons (Fsp3) is 0.278. The van der Waals surface area contributed by atoms with Crippen molar-refractivity contribution in [1.29, 1.82) is 0 Å². The van der Waals surface area contributed by atoms with E-state index in [0.29, 0.717) is 31.0 Å². The van der Waals surface area contributed by atoms with E-state index < -0.39 is 5.82 Å². The number of likely N-dealkylation sites (tertiary alicyclic amines) is 1. The molecule has 0 spiro atoms. The van der Waals surface area contributed by atoms with Crippen molar-refractivity contribution in [1.82, 2.24) is 4.90 Å². The maximum absolute atomic E-state index is 13.4. The maximum atomic E-state index is 13.4. The van der Waals surface area contributed by atoms with Crippen LogP contribution < -0.4 is 4.74 Å². The molecular formula is C18H17ClFNO3. The predicted octanol–water partition coefficient (Wildman–Crippen LogP) is 3.26. The van der Waals surface area contributed by atoms with Crippen molar-refractivity contribution >= 4 is 17.5 Å². The van der Waals surface area contributed by atoms with Gasteiger partial charge >= 0.3 is 0 Å². The predicted molar refractivity (Wildman–Crippen MR) is 88.8 cm³/mol. The van der Waals surface area contributed by atoms with Crippen molar-refractivity contribution in [3.8, 4) is 11.5 Å². The Morgan fingerprint density at radius 2 is 1.96 bits per heavy atom. The first-order valence-electron chi connectivity index (χ1n) is 7.65. The average Bonchev–Trinajstić information content (AvgIpc) is 2.51. The normalized spacial score (nSPS) is 14.3. The van der Waals surface area contributed by atoms with Crippen LogP contribution in [0.2, 0.25) is 5.02 Å². The van der Waals surface area contributed by atoms with Gasteiger partial charge in [-0.15, -0.1) is 0 Å². The van der Waals surface area contributed by atoms with Crippen LogP contribution in [0.1, 0.15) is 5.56 Å². The number of benzene rings is 2. The van der Waals surface area contributed by atoms with Gasteiger partial charge in [-0.3, -0.25) is 4.79 Å². The van der Waals surface area contributed by atoms with Gasteiger partial charge < -0.3 is 14.7 Å². The standard InChI is InChI=1S/C18H17ClFNO3/c19-16-6-1-12(7-17(16)20)8-18(23)21-9-13(10-21)11-24-15-4-2-14(22)3-5-15/h1-7,13,22H,8-11H2. The van der Waals surface area contributed by atoms with Gasteiger partial charge in [-0.05, 0) is 42.0 Å². The number of carbonyl (C=O) groups excluding carboxylic acids is 1. The van der Waals surface area contributed by atoms with Crippen molar-refractivity contribution < 1.29 is 19.0 Å². The van der Waals surface area contributed by atoms with Crippen LogP contribution >= 0.6 is 11.6 Å². The van der Waals surface area contributed by atoms with E-state index in [-0.39, 0.29) is 29.0 Å². The fourth-order valence-electron chi connectivity index (χ4n) is 2.57. The SMILES string of the molecule is O=C(Cc1ccc(Cl)c(F)c1)N1CC(COc2ccc(O)cc2)C1. The van der Waals surface area contributed by atoms with Gasteiger partial charge in [0.1, 0.15) is 17.3 Å². The van der Waals surface area contributed by atoms with E-state index in [0.717, 1.165) is 0 Å². The molecule has 0 bridgehead atoms. The molecule has 0 unspecified atom stereocenters. The molecule has 0 atom stereocenters. The Kier molecular flexibility index (Phi) is 4.90. The van der Waals surface area contributed by atoms with Gasteiger partial charge in [-0.25, -0.2) is 4.39 Å². The summed E-state index contributed by atoms with van der Waals surface area (Å²) in [7, 11) is 0. The third-order valence-corrected chi connectivity index (χ3v) is 4.28. The lowest BCUT2D eigenvalue weighted by Crippen LogP contribution is -2.52. The molecule has 1 amide bonds. The highest BCUT2D eigenvalue weighted by atomic mass is 35.5. The van der Waals surface area contributed by atoms with Gasteiger partial charge in [0.2, 0.25) is 5.91 Å². The molecule has 1 N–H and O–H groups in total. The van der Waals surface area contributed by atoms with Gasteiger partial charge in [0.25, 0.3) is 0 Å². The second-order valence-corrected chi connectivity index (χ2v) is 6.30. The lowest BCUT2D eigenvalue weighted by molar-refractivity contribution is -0.137. The zero-order valence-electron chi connectivity index (χ0n) is 12.9. The van der Waals surface area contributed by atoms with Crippen LogP contribution in [0.25, 0.3) is 0 Å². The number of ether oxygens (including phenoxy) is 1. The molecule has 1 aliphatic heterocycles. The first kappa shape index (κ1) is 16.6. The van der Waals surface area contributed by atoms with Gasteiger partial charge in [-0.1, -0.05) is 17.7 Å². The number of amides is 1. The minimum atomic E-state index is -0.509. The van der Waals surface area contributed by atoms with Crippen LogP contribution in [0.3, 0.4) is 0 Å². The molecule has 24 heavy (non-hydrogen) atoms. The number of phenolic OH excluding ortho intramolecular Hbond substituents is 1. The van der Waals surface area contributed by atoms with E-state index in [4.69, 9.17) is 16.3 Å². The lowest BCUT2D eigenvalue weighted by atomic mass is 10.00. The molecule has 1 heterocycles. The maximum Gasteiger partial charge on any atom is 0.227 e. The monoisotopic (exact) mass is 349 g/mol. The van der Waals surface area contributed by atoms with Crippen molar-refractivity contribution in [2.24, 2.45) is 5.92 Å². The number of carbonyl (C=O) groups is 1. The highest BCUT2D eigenvalue weighted by molar-refractivity contribution is 6.30. The molecule has 6 heteroatoms. The minimum absolute atomic E-state index is 0.0300. The highest BCUT2D eigenvalue weighted by Gasteiger charge is 2.30. The number of hydrogen-bond acceptors (Lipinski definition) is 3. The average molecular weight is 350 g/mol. The molecule has 126 valence electrons. The molecule has 2 aromatic carbocycles. The number of phenols is 1. The van der Waals surface area contributed by atoms with E-state index in [2.05, 4.69) is 0 Å². The van der Waals surface area contributed by atoms with E-state index in [1.54, 1.807) is 35.2 Å². The second-order valence-electron chi connectivity index (χ2n) is 5.89. The van der Waals surface area contributed by atoms with Gasteiger partial charge in [0.05, 0.1) is 18.1 Å². The molecule has 0 aliphatic carbocycles. The summed E-state index contributed by atoms with van der Waals surface area (Å²) >= 11 is 5.63. The topological polar surface area (TPSA) is 49.8 Å². The smallest absolute Gasteiger partial charge is 0.227 e. The molecule has 2 aromatic rings. The van der Waals surface area contributed by atoms with E-state index in [9.17, 15) is 14.3 Å². The lowest BCUT2D eigenvalue weighted by Gasteiger charge is -2.39. The fourth-order valence-corrected chi connectivity index (χ4v) is 2.69. The molecule has 0 aromatic heterocycles. The first-order chi connectivity index (χ1) is 11.5. The van der Waals surface area contributed by atoms with Crippen molar-refractivity contribution in [2.45, 2.75) is 6.42 Å². The summed E-state index contributed by atoms with van der Waals surface area (Å²) in [5.41, 5.74) is 0.616. The molecule has 1 aliphatic rings. The Morgan fingerprint density at radius 1 is 1.25 bits per heavy atom. The van der Waals surface area contributed by atoms with Crippen LogP contribution in [0.5, 0.6) is 11.5 Å². The van der Waals surface area contributed by atoms with Gasteiger partial charge in [-0.2, -0.15) is 0 Å². The second kappa shape index (κ2) is 7.09. The number of hydrogen-bond donors (Lipinski definition) is 1. The Hall–Kier alpha value is -2.27. The van der Waals surface area contributed by atoms with E-state index in [1.165, 1.54) is 12.1 Å². The number of aromatic hydroxyl groups is 1. The van der Waals surface area contributed by atoms with Gasteiger partial charge in [0, 0.05) is 19.0 Å². The number of halogens is 2. The third-order valence-electron chi connectivity index (χ3n) is 3.97. The summed E-state index contributed by atoms with van der Waals surface area (Å²) in [4.78, 5) is 13.9. The summed E-state index contributed by atoms with van der Waals surface area (Å²) in [6, 6.07) is 11.0. The van der Waals surface area contributed by atoms with Gasteiger partial charge in [0.15, 0.2) is 0 Å². The Balaban J connectivity index is 1.43. The van der Waals surface area contributed by atoms with Crippen molar-refractivity contribution in [3.63, 3.8) is 0 Å². The quantitative estimate of drug-likeness (QED) is 0.901. The summed E-state index contributed by atoms with van der Waals surface area (Å²) in [5.74, 6) is 0.628. The summed E-state index contributed by atoms with van der Waals surface area (Å²) in [5, 5.41) is 9.27. The van der Waals surface area contributed by atoms with E-state index >= 15 is 0 Å². The van der Waals surface area contributed by atoms with Crippen LogP contribution in [0, 0.1) is 11.7 Å². The Bertz CT molecular complexity index is 730. The van der Waals surface area contributed by atoms with Crippen molar-refractivity contribution in [3.05, 3.63) is 58.9 Å². The summed E-state index contributed by atoms with van der Waals surface area (Å²) in [6.07, 6.45) is 0.166. The largest absolute Gasteiger partial charge is 0.508 e. The van der Waals surface area contributed by atoms with Crippen LogP contribution in [0.15, 0.2) is 42.5 Å². The third kappa shape index (κ3) is 3.97. The molecule has 4 nitrogen and oxygen atoms in total. The Morgan fingerprint density at radius 3 is 2.62 bits per heavy atom. The molecule has 3 rings (SSSR count). The van der Waals surface area contributed by atoms with E-state index in [1.807, 2.05) is 0 Å². The molecule has 1 fully saturated rings. The highest BCUT2D eigenvalue weighted by Crippen LogP contribution is 2.22. The first-order valence-corrected chi connectivity index (χ1v) is 8.02.